The maximum absolute atomic E-state index is 12.3. The lowest BCUT2D eigenvalue weighted by molar-refractivity contribution is -0.127. The molecule has 0 aliphatic rings. The molecular formula is C20H24ClNO2S. The van der Waals surface area contributed by atoms with Crippen LogP contribution in [0.25, 0.3) is 0 Å². The molecule has 0 bridgehead atoms. The summed E-state index contributed by atoms with van der Waals surface area (Å²) in [5, 5.41) is 3.64. The number of rotatable bonds is 8. The summed E-state index contributed by atoms with van der Waals surface area (Å²) in [5.41, 5.74) is 2.18. The van der Waals surface area contributed by atoms with E-state index in [2.05, 4.69) is 36.5 Å². The Bertz CT molecular complexity index is 703. The zero-order valence-electron chi connectivity index (χ0n) is 14.8. The molecule has 0 aliphatic carbocycles. The van der Waals surface area contributed by atoms with Gasteiger partial charge in [0, 0.05) is 22.2 Å². The van der Waals surface area contributed by atoms with Crippen LogP contribution >= 0.6 is 23.4 Å². The smallest absolute Gasteiger partial charge is 0.261 e. The van der Waals surface area contributed by atoms with Gasteiger partial charge in [-0.2, -0.15) is 0 Å². The molecule has 2 aromatic carbocycles. The molecule has 2 aromatic rings. The van der Waals surface area contributed by atoms with Crippen LogP contribution in [0.15, 0.2) is 47.4 Å². The summed E-state index contributed by atoms with van der Waals surface area (Å²) in [6.07, 6.45) is 0.114. The van der Waals surface area contributed by atoms with Crippen molar-refractivity contribution in [1.82, 2.24) is 5.32 Å². The fourth-order valence-electron chi connectivity index (χ4n) is 2.27. The molecule has 0 aromatic heterocycles. The Balaban J connectivity index is 1.79. The Morgan fingerprint density at radius 2 is 1.92 bits per heavy atom. The minimum atomic E-state index is -0.495. The monoisotopic (exact) mass is 377 g/mol. The van der Waals surface area contributed by atoms with Crippen LogP contribution in [0, 0.1) is 13.8 Å². The molecule has 0 radical (unpaired) electrons. The van der Waals surface area contributed by atoms with Crippen molar-refractivity contribution in [3.05, 3.63) is 58.6 Å². The van der Waals surface area contributed by atoms with Gasteiger partial charge in [-0.1, -0.05) is 36.2 Å². The number of hydrogen-bond donors (Lipinski definition) is 1. The van der Waals surface area contributed by atoms with Gasteiger partial charge in [-0.25, -0.2) is 0 Å². The number of ether oxygens (including phenoxy) is 1. The number of hydrogen-bond acceptors (Lipinski definition) is 3. The summed E-state index contributed by atoms with van der Waals surface area (Å²) in [6, 6.07) is 13.8. The quantitative estimate of drug-likeness (QED) is 0.518. The molecular weight excluding hydrogens is 354 g/mol. The molecule has 0 fully saturated rings. The normalized spacial score (nSPS) is 11.8. The van der Waals surface area contributed by atoms with Crippen molar-refractivity contribution in [2.45, 2.75) is 38.2 Å². The Morgan fingerprint density at radius 3 is 2.56 bits per heavy atom. The van der Waals surface area contributed by atoms with Crippen molar-refractivity contribution in [1.29, 1.82) is 0 Å². The van der Waals surface area contributed by atoms with E-state index in [-0.39, 0.29) is 5.91 Å². The van der Waals surface area contributed by atoms with E-state index < -0.39 is 6.10 Å². The third-order valence-corrected chi connectivity index (χ3v) is 5.20. The number of halogens is 1. The highest BCUT2D eigenvalue weighted by Gasteiger charge is 2.18. The van der Waals surface area contributed by atoms with Crippen LogP contribution < -0.4 is 10.1 Å². The fourth-order valence-corrected chi connectivity index (χ4v) is 3.15. The number of carbonyl (C=O) groups is 1. The highest BCUT2D eigenvalue weighted by atomic mass is 35.5. The Morgan fingerprint density at radius 1 is 1.20 bits per heavy atom. The van der Waals surface area contributed by atoms with Gasteiger partial charge in [0.15, 0.2) is 6.10 Å². The average Bonchev–Trinajstić information content (AvgIpc) is 2.61. The molecule has 2 rings (SSSR count). The number of nitrogens with one attached hydrogen (secondary N) is 1. The summed E-state index contributed by atoms with van der Waals surface area (Å²) < 4.78 is 5.81. The second-order valence-corrected chi connectivity index (χ2v) is 7.45. The van der Waals surface area contributed by atoms with Gasteiger partial charge in [-0.3, -0.25) is 4.79 Å². The zero-order valence-corrected chi connectivity index (χ0v) is 16.4. The molecule has 3 nitrogen and oxygen atoms in total. The van der Waals surface area contributed by atoms with Crippen molar-refractivity contribution in [2.75, 3.05) is 12.3 Å². The van der Waals surface area contributed by atoms with E-state index in [0.717, 1.165) is 11.3 Å². The first kappa shape index (κ1) is 19.7. The molecule has 1 unspecified atom stereocenters. The van der Waals surface area contributed by atoms with Crippen molar-refractivity contribution < 1.29 is 9.53 Å². The Hall–Kier alpha value is -1.65. The summed E-state index contributed by atoms with van der Waals surface area (Å²) in [7, 11) is 0. The first-order valence-corrected chi connectivity index (χ1v) is 9.76. The van der Waals surface area contributed by atoms with E-state index in [4.69, 9.17) is 16.3 Å². The Labute approximate surface area is 159 Å². The molecule has 1 N–H and O–H groups in total. The molecule has 0 saturated carbocycles. The van der Waals surface area contributed by atoms with E-state index >= 15 is 0 Å². The standard InChI is InChI=1S/C20H24ClNO2S/c1-4-19(24-16-7-10-18(21)15(3)13-16)20(23)22-11-12-25-17-8-5-14(2)6-9-17/h5-10,13,19H,4,11-12H2,1-3H3,(H,22,23). The van der Waals surface area contributed by atoms with Crippen LogP contribution in [-0.2, 0) is 4.79 Å². The number of amides is 1. The number of carbonyl (C=O) groups excluding carboxylic acids is 1. The lowest BCUT2D eigenvalue weighted by Crippen LogP contribution is -2.39. The SMILES string of the molecule is CCC(Oc1ccc(Cl)c(C)c1)C(=O)NCCSc1ccc(C)cc1. The van der Waals surface area contributed by atoms with E-state index in [1.807, 2.05) is 19.9 Å². The minimum absolute atomic E-state index is 0.0837. The maximum atomic E-state index is 12.3. The van der Waals surface area contributed by atoms with Crippen molar-refractivity contribution in [2.24, 2.45) is 0 Å². The molecule has 1 amide bonds. The number of thioether (sulfide) groups is 1. The van der Waals surface area contributed by atoms with Gasteiger partial charge in [0.05, 0.1) is 0 Å². The molecule has 0 saturated heterocycles. The van der Waals surface area contributed by atoms with E-state index in [0.29, 0.717) is 23.7 Å². The van der Waals surface area contributed by atoms with Crippen LogP contribution in [0.1, 0.15) is 24.5 Å². The van der Waals surface area contributed by atoms with Crippen LogP contribution in [0.2, 0.25) is 5.02 Å². The number of aryl methyl sites for hydroxylation is 2. The van der Waals surface area contributed by atoms with Gasteiger partial charge in [0.25, 0.3) is 5.91 Å². The molecule has 134 valence electrons. The molecule has 0 spiro atoms. The molecule has 5 heteroatoms. The second kappa shape index (κ2) is 9.73. The summed E-state index contributed by atoms with van der Waals surface area (Å²) in [6.45, 7) is 6.53. The van der Waals surface area contributed by atoms with E-state index in [9.17, 15) is 4.79 Å². The minimum Gasteiger partial charge on any atom is -0.481 e. The third kappa shape index (κ3) is 6.29. The van der Waals surface area contributed by atoms with Crippen LogP contribution in [-0.4, -0.2) is 24.3 Å². The van der Waals surface area contributed by atoms with Gasteiger partial charge >= 0.3 is 0 Å². The van der Waals surface area contributed by atoms with Crippen molar-refractivity contribution in [3.8, 4) is 5.75 Å². The first-order chi connectivity index (χ1) is 12.0. The van der Waals surface area contributed by atoms with Crippen molar-refractivity contribution >= 4 is 29.3 Å². The predicted molar refractivity (Wildman–Crippen MR) is 106 cm³/mol. The summed E-state index contributed by atoms with van der Waals surface area (Å²) in [4.78, 5) is 13.5. The third-order valence-electron chi connectivity index (χ3n) is 3.76. The maximum Gasteiger partial charge on any atom is 0.261 e. The molecule has 1 atom stereocenters. The molecule has 25 heavy (non-hydrogen) atoms. The van der Waals surface area contributed by atoms with Gasteiger partial charge in [0.1, 0.15) is 5.75 Å². The molecule has 0 heterocycles. The topological polar surface area (TPSA) is 38.3 Å². The van der Waals surface area contributed by atoms with E-state index in [1.54, 1.807) is 23.9 Å². The lowest BCUT2D eigenvalue weighted by Gasteiger charge is -2.17. The first-order valence-electron chi connectivity index (χ1n) is 8.39. The average molecular weight is 378 g/mol. The lowest BCUT2D eigenvalue weighted by atomic mass is 10.2. The highest BCUT2D eigenvalue weighted by Crippen LogP contribution is 2.22. The summed E-state index contributed by atoms with van der Waals surface area (Å²) >= 11 is 7.75. The van der Waals surface area contributed by atoms with Crippen LogP contribution in [0.4, 0.5) is 0 Å². The van der Waals surface area contributed by atoms with Crippen LogP contribution in [0.3, 0.4) is 0 Å². The van der Waals surface area contributed by atoms with Gasteiger partial charge < -0.3 is 10.1 Å². The molecule has 0 aliphatic heterocycles. The highest BCUT2D eigenvalue weighted by molar-refractivity contribution is 7.99. The van der Waals surface area contributed by atoms with E-state index in [1.165, 1.54) is 10.5 Å². The van der Waals surface area contributed by atoms with Crippen molar-refractivity contribution in [3.63, 3.8) is 0 Å². The predicted octanol–water partition coefficient (Wildman–Crippen LogP) is 5.02. The largest absolute Gasteiger partial charge is 0.481 e. The van der Waals surface area contributed by atoms with Gasteiger partial charge in [-0.05, 0) is 56.2 Å². The van der Waals surface area contributed by atoms with Gasteiger partial charge in [0.2, 0.25) is 0 Å². The summed E-state index contributed by atoms with van der Waals surface area (Å²) in [5.74, 6) is 1.41. The second-order valence-electron chi connectivity index (χ2n) is 5.88. The number of benzene rings is 2. The zero-order chi connectivity index (χ0) is 18.2. The Kier molecular flexibility index (Phi) is 7.66. The van der Waals surface area contributed by atoms with Gasteiger partial charge in [-0.15, -0.1) is 11.8 Å². The van der Waals surface area contributed by atoms with Crippen LogP contribution in [0.5, 0.6) is 5.75 Å². The fraction of sp³-hybridized carbons (Fsp3) is 0.350.